The minimum Gasteiger partial charge on any atom is -0.497 e. The highest BCUT2D eigenvalue weighted by molar-refractivity contribution is 6.03. The molecule has 0 bridgehead atoms. The number of halogens is 1. The van der Waals surface area contributed by atoms with E-state index in [2.05, 4.69) is 4.98 Å². The fourth-order valence-corrected chi connectivity index (χ4v) is 4.28. The number of nitrogens with zero attached hydrogens (tertiary/aromatic N) is 2. The summed E-state index contributed by atoms with van der Waals surface area (Å²) in [5.74, 6) is 0.727. The molecule has 4 nitrogen and oxygen atoms in total. The Bertz CT molecular complexity index is 1300. The van der Waals surface area contributed by atoms with Gasteiger partial charge in [0.1, 0.15) is 17.1 Å². The Balaban J connectivity index is 1.78. The number of aromatic nitrogens is 1. The maximum absolute atomic E-state index is 14.4. The van der Waals surface area contributed by atoms with Gasteiger partial charge in [0.2, 0.25) is 5.95 Å². The summed E-state index contributed by atoms with van der Waals surface area (Å²) in [6.07, 6.45) is 1.44. The Hall–Kier alpha value is -3.99. The number of hydrogen-bond donors (Lipinski definition) is 1. The molecule has 1 aliphatic rings. The minimum absolute atomic E-state index is 0.442. The molecule has 0 amide bonds. The van der Waals surface area contributed by atoms with Gasteiger partial charge in [-0.05, 0) is 52.6 Å². The van der Waals surface area contributed by atoms with Gasteiger partial charge in [0.05, 0.1) is 7.11 Å². The lowest BCUT2D eigenvalue weighted by molar-refractivity contribution is 0.414. The first-order chi connectivity index (χ1) is 15.1. The van der Waals surface area contributed by atoms with Crippen molar-refractivity contribution in [1.82, 2.24) is 4.98 Å². The fourth-order valence-electron chi connectivity index (χ4n) is 4.28. The van der Waals surface area contributed by atoms with E-state index in [1.165, 1.54) is 6.20 Å². The topological polar surface area (TPSA) is 60.5 Å². The lowest BCUT2D eigenvalue weighted by atomic mass is 9.77. The number of fused-ring (bicyclic) bond motifs is 1. The van der Waals surface area contributed by atoms with Crippen LogP contribution in [0.3, 0.4) is 0 Å². The third kappa shape index (κ3) is 2.97. The number of ether oxygens (including phenoxy) is 1. The lowest BCUT2D eigenvalue weighted by Gasteiger charge is -2.29. The van der Waals surface area contributed by atoms with Crippen molar-refractivity contribution in [2.24, 2.45) is 10.7 Å². The van der Waals surface area contributed by atoms with Gasteiger partial charge in [-0.15, -0.1) is 0 Å². The second kappa shape index (κ2) is 7.36. The smallest absolute Gasteiger partial charge is 0.220 e. The van der Waals surface area contributed by atoms with Gasteiger partial charge in [0.25, 0.3) is 0 Å². The molecule has 0 aliphatic carbocycles. The maximum atomic E-state index is 14.4. The molecule has 5 rings (SSSR count). The summed E-state index contributed by atoms with van der Waals surface area (Å²) in [5, 5.41) is 0. The molecule has 3 aromatic carbocycles. The van der Waals surface area contributed by atoms with E-state index in [1.54, 1.807) is 19.2 Å². The minimum atomic E-state index is -0.846. The Kier molecular flexibility index (Phi) is 4.51. The van der Waals surface area contributed by atoms with E-state index >= 15 is 0 Å². The molecule has 0 saturated heterocycles. The SMILES string of the molecule is COc1ccc(C2(c3cccc(-c4cccnc4F)c3)N=C(N)c3ccccc32)cc1. The number of rotatable bonds is 4. The highest BCUT2D eigenvalue weighted by Crippen LogP contribution is 2.46. The predicted molar refractivity (Wildman–Crippen MR) is 120 cm³/mol. The van der Waals surface area contributed by atoms with E-state index in [1.807, 2.05) is 72.8 Å². The zero-order valence-corrected chi connectivity index (χ0v) is 16.9. The molecule has 0 saturated carbocycles. The Morgan fingerprint density at radius 3 is 2.39 bits per heavy atom. The summed E-state index contributed by atoms with van der Waals surface area (Å²) >= 11 is 0. The maximum Gasteiger partial charge on any atom is 0.220 e. The zero-order valence-electron chi connectivity index (χ0n) is 16.9. The molecule has 1 atom stereocenters. The molecule has 152 valence electrons. The number of benzene rings is 3. The molecule has 31 heavy (non-hydrogen) atoms. The average Bonchev–Trinajstić information content (AvgIpc) is 3.13. The van der Waals surface area contributed by atoms with Crippen molar-refractivity contribution in [1.29, 1.82) is 0 Å². The first-order valence-electron chi connectivity index (χ1n) is 9.94. The van der Waals surface area contributed by atoms with Gasteiger partial charge in [-0.1, -0.05) is 54.6 Å². The Morgan fingerprint density at radius 1 is 0.839 bits per heavy atom. The van der Waals surface area contributed by atoms with Crippen molar-refractivity contribution >= 4 is 5.84 Å². The molecule has 4 aromatic rings. The molecule has 0 radical (unpaired) electrons. The summed E-state index contributed by atoms with van der Waals surface area (Å²) < 4.78 is 19.8. The van der Waals surface area contributed by atoms with Gasteiger partial charge < -0.3 is 10.5 Å². The van der Waals surface area contributed by atoms with Crippen LogP contribution in [0, 0.1) is 5.95 Å². The summed E-state index contributed by atoms with van der Waals surface area (Å²) in [4.78, 5) is 8.78. The van der Waals surface area contributed by atoms with Gasteiger partial charge in [-0.25, -0.2) is 9.98 Å². The molecule has 2 N–H and O–H groups in total. The van der Waals surface area contributed by atoms with Gasteiger partial charge in [0.15, 0.2) is 0 Å². The van der Waals surface area contributed by atoms with Gasteiger partial charge in [-0.3, -0.25) is 0 Å². The summed E-state index contributed by atoms with van der Waals surface area (Å²) in [6, 6.07) is 27.0. The van der Waals surface area contributed by atoms with Crippen LogP contribution in [0.15, 0.2) is 96.1 Å². The van der Waals surface area contributed by atoms with E-state index in [0.29, 0.717) is 11.4 Å². The molecule has 0 fully saturated rings. The summed E-state index contributed by atoms with van der Waals surface area (Å²) in [7, 11) is 1.64. The number of aliphatic imine (C=N–C) groups is 1. The summed E-state index contributed by atoms with van der Waals surface area (Å²) in [5.41, 5.74) is 10.4. The molecule has 0 spiro atoms. The van der Waals surface area contributed by atoms with E-state index in [0.717, 1.165) is 33.6 Å². The molecular formula is C26H20FN3O. The van der Waals surface area contributed by atoms with Gasteiger partial charge in [0, 0.05) is 17.3 Å². The molecule has 1 unspecified atom stereocenters. The van der Waals surface area contributed by atoms with Crippen LogP contribution in [0.5, 0.6) is 5.75 Å². The number of pyridine rings is 1. The Morgan fingerprint density at radius 2 is 1.61 bits per heavy atom. The number of hydrogen-bond acceptors (Lipinski definition) is 4. The molecule has 1 aliphatic heterocycles. The fraction of sp³-hybridized carbons (Fsp3) is 0.0769. The van der Waals surface area contributed by atoms with Crippen molar-refractivity contribution in [3.63, 3.8) is 0 Å². The molecule has 1 aromatic heterocycles. The highest BCUT2D eigenvalue weighted by Gasteiger charge is 2.42. The number of nitrogens with two attached hydrogens (primary N) is 1. The first kappa shape index (κ1) is 19.0. The van der Waals surface area contributed by atoms with E-state index in [4.69, 9.17) is 15.5 Å². The monoisotopic (exact) mass is 409 g/mol. The van der Waals surface area contributed by atoms with Crippen LogP contribution in [0.1, 0.15) is 22.3 Å². The normalized spacial score (nSPS) is 17.2. The van der Waals surface area contributed by atoms with E-state index in [9.17, 15) is 4.39 Å². The third-order valence-corrected chi connectivity index (χ3v) is 5.74. The molecular weight excluding hydrogens is 389 g/mol. The zero-order chi connectivity index (χ0) is 21.4. The van der Waals surface area contributed by atoms with Crippen LogP contribution in [0.25, 0.3) is 11.1 Å². The number of amidine groups is 1. The van der Waals surface area contributed by atoms with Crippen molar-refractivity contribution < 1.29 is 9.13 Å². The van der Waals surface area contributed by atoms with Crippen molar-refractivity contribution in [3.05, 3.63) is 119 Å². The standard InChI is InChI=1S/C26H20FN3O/c1-31-20-13-11-18(12-14-20)26(23-10-3-2-8-22(23)25(28)30-26)19-7-4-6-17(16-19)21-9-5-15-29-24(21)27/h2-16H,1H3,(H2,28,30). The predicted octanol–water partition coefficient (Wildman–Crippen LogP) is 4.91. The van der Waals surface area contributed by atoms with Crippen molar-refractivity contribution in [2.75, 3.05) is 7.11 Å². The third-order valence-electron chi connectivity index (χ3n) is 5.74. The van der Waals surface area contributed by atoms with Crippen LogP contribution in [0.4, 0.5) is 4.39 Å². The van der Waals surface area contributed by atoms with Crippen LogP contribution in [0.2, 0.25) is 0 Å². The van der Waals surface area contributed by atoms with Crippen molar-refractivity contribution in [2.45, 2.75) is 5.54 Å². The molecule has 2 heterocycles. The number of methoxy groups -OCH3 is 1. The van der Waals surface area contributed by atoms with E-state index in [-0.39, 0.29) is 0 Å². The van der Waals surface area contributed by atoms with Gasteiger partial charge >= 0.3 is 0 Å². The van der Waals surface area contributed by atoms with Crippen LogP contribution < -0.4 is 10.5 Å². The second-order valence-electron chi connectivity index (χ2n) is 7.40. The quantitative estimate of drug-likeness (QED) is 0.488. The summed E-state index contributed by atoms with van der Waals surface area (Å²) in [6.45, 7) is 0. The van der Waals surface area contributed by atoms with E-state index < -0.39 is 11.5 Å². The van der Waals surface area contributed by atoms with Gasteiger partial charge in [-0.2, -0.15) is 4.39 Å². The van der Waals surface area contributed by atoms with Crippen LogP contribution >= 0.6 is 0 Å². The largest absolute Gasteiger partial charge is 0.497 e. The lowest BCUT2D eigenvalue weighted by Crippen LogP contribution is -2.25. The second-order valence-corrected chi connectivity index (χ2v) is 7.40. The van der Waals surface area contributed by atoms with Crippen LogP contribution in [-0.4, -0.2) is 17.9 Å². The Labute approximate surface area is 179 Å². The van der Waals surface area contributed by atoms with Crippen LogP contribution in [-0.2, 0) is 5.54 Å². The molecule has 5 heteroatoms. The van der Waals surface area contributed by atoms with Crippen molar-refractivity contribution in [3.8, 4) is 16.9 Å². The highest BCUT2D eigenvalue weighted by atomic mass is 19.1. The average molecular weight is 409 g/mol. The first-order valence-corrected chi connectivity index (χ1v) is 9.94.